The van der Waals surface area contributed by atoms with E-state index in [9.17, 15) is 14.4 Å². The van der Waals surface area contributed by atoms with Crippen LogP contribution in [-0.2, 0) is 16.1 Å². The van der Waals surface area contributed by atoms with Crippen molar-refractivity contribution in [2.75, 3.05) is 13.2 Å². The average molecular weight is 423 g/mol. The highest BCUT2D eigenvalue weighted by Gasteiger charge is 2.10. The third-order valence-electron chi connectivity index (χ3n) is 4.70. The molecule has 0 saturated carbocycles. The number of rotatable bonds is 9. The van der Waals surface area contributed by atoms with Gasteiger partial charge in [0.15, 0.2) is 6.61 Å². The molecule has 7 heteroatoms. The van der Waals surface area contributed by atoms with Crippen LogP contribution in [0.1, 0.15) is 41.3 Å². The molecule has 0 saturated heterocycles. The zero-order valence-electron chi connectivity index (χ0n) is 17.6. The zero-order valence-corrected chi connectivity index (χ0v) is 17.6. The molecule has 0 radical (unpaired) electrons. The molecule has 1 N–H and O–H groups in total. The molecule has 3 aromatic rings. The predicted molar refractivity (Wildman–Crippen MR) is 116 cm³/mol. The van der Waals surface area contributed by atoms with E-state index in [4.69, 9.17) is 13.9 Å². The summed E-state index contributed by atoms with van der Waals surface area (Å²) in [5.41, 5.74) is 2.12. The van der Waals surface area contributed by atoms with Gasteiger partial charge in [0.1, 0.15) is 17.9 Å². The standard InChI is InChI=1S/C24H25NO6/c1-3-4-11-25-22(26)15-30-24(28)18-7-5-17(6-8-18)14-29-19-9-10-20-16(2)12-23(27)31-21(20)13-19/h5-10,12-13H,3-4,11,14-15H2,1-2H3,(H,25,26). The lowest BCUT2D eigenvalue weighted by Gasteiger charge is -2.09. The van der Waals surface area contributed by atoms with E-state index in [-0.39, 0.29) is 19.1 Å². The number of esters is 1. The Bertz CT molecular complexity index is 1120. The van der Waals surface area contributed by atoms with Crippen LogP contribution >= 0.6 is 0 Å². The predicted octanol–water partition coefficient (Wildman–Crippen LogP) is 3.75. The van der Waals surface area contributed by atoms with Gasteiger partial charge in [-0.05, 0) is 48.7 Å². The first-order valence-corrected chi connectivity index (χ1v) is 10.2. The van der Waals surface area contributed by atoms with Crippen LogP contribution in [0.25, 0.3) is 11.0 Å². The Morgan fingerprint density at radius 3 is 2.58 bits per heavy atom. The molecule has 0 aliphatic rings. The van der Waals surface area contributed by atoms with Gasteiger partial charge < -0.3 is 19.2 Å². The Balaban J connectivity index is 1.53. The number of ether oxygens (including phenoxy) is 2. The summed E-state index contributed by atoms with van der Waals surface area (Å²) >= 11 is 0. The van der Waals surface area contributed by atoms with E-state index in [2.05, 4.69) is 5.32 Å². The molecule has 0 fully saturated rings. The summed E-state index contributed by atoms with van der Waals surface area (Å²) in [6.07, 6.45) is 1.86. The molecular weight excluding hydrogens is 398 g/mol. The van der Waals surface area contributed by atoms with Crippen LogP contribution in [-0.4, -0.2) is 25.0 Å². The lowest BCUT2D eigenvalue weighted by molar-refractivity contribution is -0.124. The number of fused-ring (bicyclic) bond motifs is 1. The van der Waals surface area contributed by atoms with Crippen LogP contribution in [0.2, 0.25) is 0 Å². The summed E-state index contributed by atoms with van der Waals surface area (Å²) in [5, 5.41) is 3.55. The summed E-state index contributed by atoms with van der Waals surface area (Å²) in [7, 11) is 0. The van der Waals surface area contributed by atoms with Gasteiger partial charge in [0.05, 0.1) is 5.56 Å². The van der Waals surface area contributed by atoms with Crippen molar-refractivity contribution in [2.24, 2.45) is 0 Å². The average Bonchev–Trinajstić information content (AvgIpc) is 2.76. The van der Waals surface area contributed by atoms with Gasteiger partial charge in [0, 0.05) is 24.1 Å². The Morgan fingerprint density at radius 1 is 1.06 bits per heavy atom. The molecule has 1 aromatic heterocycles. The van der Waals surface area contributed by atoms with Crippen LogP contribution in [0.5, 0.6) is 5.75 Å². The maximum absolute atomic E-state index is 12.1. The maximum atomic E-state index is 12.1. The Hall–Kier alpha value is -3.61. The Morgan fingerprint density at radius 2 is 1.84 bits per heavy atom. The zero-order chi connectivity index (χ0) is 22.2. The van der Waals surface area contributed by atoms with Crippen molar-refractivity contribution in [1.82, 2.24) is 5.32 Å². The summed E-state index contributed by atoms with van der Waals surface area (Å²) < 4.78 is 16.0. The summed E-state index contributed by atoms with van der Waals surface area (Å²) in [6.45, 7) is 4.43. The van der Waals surface area contributed by atoms with Crippen LogP contribution in [0.3, 0.4) is 0 Å². The minimum atomic E-state index is -0.557. The number of aryl methyl sites for hydroxylation is 1. The van der Waals surface area contributed by atoms with Gasteiger partial charge in [0.2, 0.25) is 0 Å². The lowest BCUT2D eigenvalue weighted by Crippen LogP contribution is -2.29. The number of carbonyl (C=O) groups is 2. The molecule has 0 aliphatic heterocycles. The van der Waals surface area contributed by atoms with Crippen LogP contribution in [0.4, 0.5) is 0 Å². The maximum Gasteiger partial charge on any atom is 0.338 e. The molecule has 0 aliphatic carbocycles. The van der Waals surface area contributed by atoms with Gasteiger partial charge in [-0.15, -0.1) is 0 Å². The first-order valence-electron chi connectivity index (χ1n) is 10.2. The van der Waals surface area contributed by atoms with Crippen molar-refractivity contribution in [2.45, 2.75) is 33.3 Å². The molecule has 7 nitrogen and oxygen atoms in total. The van der Waals surface area contributed by atoms with Gasteiger partial charge in [-0.1, -0.05) is 25.5 Å². The van der Waals surface area contributed by atoms with E-state index < -0.39 is 11.6 Å². The molecule has 2 aromatic carbocycles. The van der Waals surface area contributed by atoms with E-state index in [0.717, 1.165) is 29.4 Å². The number of benzene rings is 2. The SMILES string of the molecule is CCCCNC(=O)COC(=O)c1ccc(COc2ccc3c(C)cc(=O)oc3c2)cc1. The van der Waals surface area contributed by atoms with Gasteiger partial charge in [-0.25, -0.2) is 9.59 Å². The first kappa shape index (κ1) is 22.1. The van der Waals surface area contributed by atoms with E-state index in [1.165, 1.54) is 6.07 Å². The van der Waals surface area contributed by atoms with Crippen molar-refractivity contribution in [1.29, 1.82) is 0 Å². The van der Waals surface area contributed by atoms with Crippen molar-refractivity contribution in [3.63, 3.8) is 0 Å². The molecule has 1 amide bonds. The summed E-state index contributed by atoms with van der Waals surface area (Å²) in [6, 6.07) is 13.5. The number of amides is 1. The molecular formula is C24H25NO6. The molecule has 162 valence electrons. The van der Waals surface area contributed by atoms with Crippen molar-refractivity contribution in [3.8, 4) is 5.75 Å². The van der Waals surface area contributed by atoms with Gasteiger partial charge in [-0.2, -0.15) is 0 Å². The number of carbonyl (C=O) groups excluding carboxylic acids is 2. The highest BCUT2D eigenvalue weighted by molar-refractivity contribution is 5.91. The second-order valence-electron chi connectivity index (χ2n) is 7.17. The van der Waals surface area contributed by atoms with Gasteiger partial charge in [-0.3, -0.25) is 4.79 Å². The Kier molecular flexibility index (Phi) is 7.43. The number of hydrogen-bond donors (Lipinski definition) is 1. The number of nitrogens with one attached hydrogen (secondary N) is 1. The molecule has 0 unspecified atom stereocenters. The second-order valence-corrected chi connectivity index (χ2v) is 7.17. The topological polar surface area (TPSA) is 94.8 Å². The van der Waals surface area contributed by atoms with E-state index in [0.29, 0.717) is 23.4 Å². The number of hydrogen-bond acceptors (Lipinski definition) is 6. The molecule has 0 atom stereocenters. The van der Waals surface area contributed by atoms with Crippen LogP contribution in [0.15, 0.2) is 57.7 Å². The molecule has 3 rings (SSSR count). The minimum Gasteiger partial charge on any atom is -0.489 e. The molecule has 1 heterocycles. The Labute approximate surface area is 180 Å². The van der Waals surface area contributed by atoms with E-state index in [1.54, 1.807) is 30.3 Å². The largest absolute Gasteiger partial charge is 0.489 e. The quantitative estimate of drug-likeness (QED) is 0.320. The highest BCUT2D eigenvalue weighted by Crippen LogP contribution is 2.23. The van der Waals surface area contributed by atoms with Gasteiger partial charge in [0.25, 0.3) is 5.91 Å². The molecule has 0 bridgehead atoms. The summed E-state index contributed by atoms with van der Waals surface area (Å²) in [4.78, 5) is 35.3. The van der Waals surface area contributed by atoms with Crippen molar-refractivity contribution < 1.29 is 23.5 Å². The minimum absolute atomic E-state index is 0.275. The fraction of sp³-hybridized carbons (Fsp3) is 0.292. The van der Waals surface area contributed by atoms with E-state index >= 15 is 0 Å². The van der Waals surface area contributed by atoms with Crippen LogP contribution < -0.4 is 15.7 Å². The van der Waals surface area contributed by atoms with Crippen LogP contribution in [0, 0.1) is 6.92 Å². The lowest BCUT2D eigenvalue weighted by atomic mass is 10.1. The second kappa shape index (κ2) is 10.4. The molecule has 31 heavy (non-hydrogen) atoms. The van der Waals surface area contributed by atoms with E-state index in [1.807, 2.05) is 26.0 Å². The van der Waals surface area contributed by atoms with Gasteiger partial charge >= 0.3 is 11.6 Å². The summed E-state index contributed by atoms with van der Waals surface area (Å²) in [5.74, 6) is -0.301. The fourth-order valence-corrected chi connectivity index (χ4v) is 2.97. The monoisotopic (exact) mass is 423 g/mol. The first-order chi connectivity index (χ1) is 15.0. The molecule has 0 spiro atoms. The fourth-order valence-electron chi connectivity index (χ4n) is 2.97. The van der Waals surface area contributed by atoms with Crippen molar-refractivity contribution >= 4 is 22.8 Å². The smallest absolute Gasteiger partial charge is 0.338 e. The third kappa shape index (κ3) is 6.18. The normalized spacial score (nSPS) is 10.6. The third-order valence-corrected chi connectivity index (χ3v) is 4.70. The van der Waals surface area contributed by atoms with Crippen molar-refractivity contribution in [3.05, 3.63) is 75.6 Å². The number of unbranched alkanes of at least 4 members (excludes halogenated alkanes) is 1. The highest BCUT2D eigenvalue weighted by atomic mass is 16.5.